The Labute approximate surface area is 90.3 Å². The maximum Gasteiger partial charge on any atom is 0.360 e. The van der Waals surface area contributed by atoms with Crippen LogP contribution in [0.2, 0.25) is 0 Å². The summed E-state index contributed by atoms with van der Waals surface area (Å²) >= 11 is 0. The number of H-pyrrole nitrogens is 1. The van der Waals surface area contributed by atoms with Gasteiger partial charge in [-0.1, -0.05) is 6.92 Å². The van der Waals surface area contributed by atoms with Crippen LogP contribution in [-0.2, 0) is 6.42 Å². The highest BCUT2D eigenvalue weighted by Crippen LogP contribution is 2.21. The first-order valence-corrected chi connectivity index (χ1v) is 4.88. The van der Waals surface area contributed by atoms with Gasteiger partial charge in [-0.15, -0.1) is 0 Å². The number of hydrogen-bond donors (Lipinski definition) is 2. The quantitative estimate of drug-likeness (QED) is 0.708. The van der Waals surface area contributed by atoms with Crippen molar-refractivity contribution in [2.24, 2.45) is 5.92 Å². The van der Waals surface area contributed by atoms with Gasteiger partial charge < -0.3 is 10.1 Å². The van der Waals surface area contributed by atoms with Gasteiger partial charge in [0.25, 0.3) is 5.56 Å². The number of ketones is 1. The number of nitrogens with zero attached hydrogens (tertiary/aromatic N) is 1. The second-order valence-corrected chi connectivity index (χ2v) is 3.98. The van der Waals surface area contributed by atoms with Crippen LogP contribution in [-0.4, -0.2) is 26.8 Å². The van der Waals surface area contributed by atoms with E-state index in [0.717, 1.165) is 0 Å². The standard InChI is InChI=1S/C10H10N2O4/c1-4-2-5-7(6(13)3-4)12-8(10(15)16)9(14)11-5/h4H,2-3H2,1H3,(H,11,14)(H,15,16)/t4-/m1/s1. The number of carboxylic acids is 1. The van der Waals surface area contributed by atoms with Crippen molar-refractivity contribution in [3.05, 3.63) is 27.4 Å². The summed E-state index contributed by atoms with van der Waals surface area (Å²) in [5.74, 6) is -1.49. The van der Waals surface area contributed by atoms with Crippen LogP contribution in [0.25, 0.3) is 0 Å². The summed E-state index contributed by atoms with van der Waals surface area (Å²) in [5, 5.41) is 8.71. The molecule has 16 heavy (non-hydrogen) atoms. The minimum atomic E-state index is -1.42. The third kappa shape index (κ3) is 1.62. The summed E-state index contributed by atoms with van der Waals surface area (Å²) in [6.45, 7) is 1.89. The first-order valence-electron chi connectivity index (χ1n) is 4.88. The Balaban J connectivity index is 2.62. The van der Waals surface area contributed by atoms with Gasteiger partial charge in [0, 0.05) is 12.1 Å². The fraction of sp³-hybridized carbons (Fsp3) is 0.400. The van der Waals surface area contributed by atoms with E-state index in [9.17, 15) is 14.4 Å². The highest BCUT2D eigenvalue weighted by atomic mass is 16.4. The molecule has 0 aromatic carbocycles. The number of fused-ring (bicyclic) bond motifs is 1. The molecule has 1 heterocycles. The van der Waals surface area contributed by atoms with E-state index in [1.807, 2.05) is 6.92 Å². The van der Waals surface area contributed by atoms with E-state index in [0.29, 0.717) is 18.5 Å². The maximum absolute atomic E-state index is 11.6. The van der Waals surface area contributed by atoms with Crippen LogP contribution in [0, 0.1) is 5.92 Å². The molecule has 6 heteroatoms. The second kappa shape index (κ2) is 3.55. The number of aromatic carboxylic acids is 1. The molecule has 6 nitrogen and oxygen atoms in total. The van der Waals surface area contributed by atoms with Gasteiger partial charge in [0.1, 0.15) is 5.69 Å². The molecule has 0 bridgehead atoms. The highest BCUT2D eigenvalue weighted by molar-refractivity contribution is 5.97. The molecule has 84 valence electrons. The number of rotatable bonds is 1. The van der Waals surface area contributed by atoms with Crippen LogP contribution in [0.5, 0.6) is 0 Å². The molecule has 2 N–H and O–H groups in total. The van der Waals surface area contributed by atoms with E-state index in [-0.39, 0.29) is 17.4 Å². The van der Waals surface area contributed by atoms with Crippen molar-refractivity contribution in [1.29, 1.82) is 0 Å². The fourth-order valence-corrected chi connectivity index (χ4v) is 1.84. The smallest absolute Gasteiger partial charge is 0.360 e. The minimum absolute atomic E-state index is 0.0927. The Morgan fingerprint density at radius 3 is 2.75 bits per heavy atom. The van der Waals surface area contributed by atoms with E-state index in [2.05, 4.69) is 9.97 Å². The predicted molar refractivity (Wildman–Crippen MR) is 53.6 cm³/mol. The molecule has 2 rings (SSSR count). The summed E-state index contributed by atoms with van der Waals surface area (Å²) in [6.07, 6.45) is 0.883. The molecule has 0 amide bonds. The van der Waals surface area contributed by atoms with Crippen molar-refractivity contribution in [2.75, 3.05) is 0 Å². The molecule has 1 aromatic heterocycles. The molecule has 0 spiro atoms. The molecule has 1 aliphatic rings. The van der Waals surface area contributed by atoms with Crippen molar-refractivity contribution < 1.29 is 14.7 Å². The van der Waals surface area contributed by atoms with E-state index >= 15 is 0 Å². The van der Waals surface area contributed by atoms with Gasteiger partial charge in [0.15, 0.2) is 5.78 Å². The first kappa shape index (κ1) is 10.5. The lowest BCUT2D eigenvalue weighted by Crippen LogP contribution is -2.29. The van der Waals surface area contributed by atoms with Gasteiger partial charge in [-0.3, -0.25) is 9.59 Å². The number of aromatic nitrogens is 2. The Kier molecular flexibility index (Phi) is 2.34. The molecule has 0 saturated carbocycles. The van der Waals surface area contributed by atoms with Crippen molar-refractivity contribution in [2.45, 2.75) is 19.8 Å². The zero-order chi connectivity index (χ0) is 11.9. The number of hydrogen-bond acceptors (Lipinski definition) is 4. The lowest BCUT2D eigenvalue weighted by Gasteiger charge is -2.18. The minimum Gasteiger partial charge on any atom is -0.476 e. The van der Waals surface area contributed by atoms with E-state index in [1.165, 1.54) is 0 Å². The third-order valence-corrected chi connectivity index (χ3v) is 2.54. The Morgan fingerprint density at radius 2 is 2.12 bits per heavy atom. The molecule has 0 radical (unpaired) electrons. The monoisotopic (exact) mass is 222 g/mol. The van der Waals surface area contributed by atoms with Crippen LogP contribution < -0.4 is 5.56 Å². The van der Waals surface area contributed by atoms with Crippen molar-refractivity contribution in [1.82, 2.24) is 9.97 Å². The molecule has 0 fully saturated rings. The zero-order valence-electron chi connectivity index (χ0n) is 8.61. The molecular weight excluding hydrogens is 212 g/mol. The van der Waals surface area contributed by atoms with Gasteiger partial charge in [-0.2, -0.15) is 0 Å². The second-order valence-electron chi connectivity index (χ2n) is 3.98. The Bertz CT molecular complexity index is 532. The predicted octanol–water partition coefficient (Wildman–Crippen LogP) is 0.233. The van der Waals surface area contributed by atoms with E-state index in [4.69, 9.17) is 5.11 Å². The van der Waals surface area contributed by atoms with Crippen LogP contribution in [0.4, 0.5) is 0 Å². The maximum atomic E-state index is 11.6. The summed E-state index contributed by atoms with van der Waals surface area (Å²) < 4.78 is 0. The topological polar surface area (TPSA) is 100 Å². The summed E-state index contributed by atoms with van der Waals surface area (Å²) in [7, 11) is 0. The highest BCUT2D eigenvalue weighted by Gasteiger charge is 2.26. The van der Waals surface area contributed by atoms with Crippen molar-refractivity contribution in [3.63, 3.8) is 0 Å². The number of nitrogens with one attached hydrogen (secondary N) is 1. The van der Waals surface area contributed by atoms with Gasteiger partial charge in [-0.05, 0) is 12.3 Å². The normalized spacial score (nSPS) is 19.3. The fourth-order valence-electron chi connectivity index (χ4n) is 1.84. The summed E-state index contributed by atoms with van der Waals surface area (Å²) in [5.41, 5.74) is -0.844. The van der Waals surface area contributed by atoms with Crippen molar-refractivity contribution >= 4 is 11.8 Å². The number of Topliss-reactive ketones (excluding diaryl/α,β-unsaturated/α-hetero) is 1. The molecule has 0 aliphatic heterocycles. The molecule has 1 aliphatic carbocycles. The lowest BCUT2D eigenvalue weighted by molar-refractivity contribution is 0.0688. The molecule has 0 saturated heterocycles. The number of carbonyl (C=O) groups is 2. The van der Waals surface area contributed by atoms with Gasteiger partial charge in [0.05, 0.1) is 0 Å². The molecule has 0 unspecified atom stereocenters. The molecule has 1 atom stereocenters. The van der Waals surface area contributed by atoms with Crippen LogP contribution >= 0.6 is 0 Å². The largest absolute Gasteiger partial charge is 0.476 e. The number of aromatic amines is 1. The number of carbonyl (C=O) groups excluding carboxylic acids is 1. The van der Waals surface area contributed by atoms with Gasteiger partial charge in [-0.25, -0.2) is 9.78 Å². The third-order valence-electron chi connectivity index (χ3n) is 2.54. The first-order chi connectivity index (χ1) is 7.49. The SMILES string of the molecule is C[C@H]1CC(=O)c2nc(C(=O)O)c(=O)[nH]c2C1. The Morgan fingerprint density at radius 1 is 1.44 bits per heavy atom. The van der Waals surface area contributed by atoms with Gasteiger partial charge >= 0.3 is 5.97 Å². The van der Waals surface area contributed by atoms with Crippen LogP contribution in [0.15, 0.2) is 4.79 Å². The van der Waals surface area contributed by atoms with Crippen LogP contribution in [0.1, 0.15) is 40.0 Å². The molecule has 1 aromatic rings. The lowest BCUT2D eigenvalue weighted by atomic mass is 9.90. The Hall–Kier alpha value is -1.98. The molecular formula is C10H10N2O4. The van der Waals surface area contributed by atoms with E-state index in [1.54, 1.807) is 0 Å². The average Bonchev–Trinajstić information content (AvgIpc) is 2.15. The van der Waals surface area contributed by atoms with Crippen molar-refractivity contribution in [3.8, 4) is 0 Å². The zero-order valence-corrected chi connectivity index (χ0v) is 8.61. The average molecular weight is 222 g/mol. The van der Waals surface area contributed by atoms with Gasteiger partial charge in [0.2, 0.25) is 5.69 Å². The summed E-state index contributed by atoms with van der Waals surface area (Å²) in [6, 6.07) is 0. The van der Waals surface area contributed by atoms with Crippen LogP contribution in [0.3, 0.4) is 0 Å². The van der Waals surface area contributed by atoms with E-state index < -0.39 is 17.2 Å². The summed E-state index contributed by atoms with van der Waals surface area (Å²) in [4.78, 5) is 39.7. The number of carboxylic acid groups (broad SMARTS) is 1.